The van der Waals surface area contributed by atoms with Gasteiger partial charge in [-0.15, -0.1) is 0 Å². The van der Waals surface area contributed by atoms with Crippen LogP contribution in [0.1, 0.15) is 11.1 Å². The largest absolute Gasteiger partial charge is 0.489 e. The van der Waals surface area contributed by atoms with E-state index in [1.165, 1.54) is 0 Å². The van der Waals surface area contributed by atoms with E-state index in [1.807, 2.05) is 38.1 Å². The van der Waals surface area contributed by atoms with E-state index in [0.29, 0.717) is 12.4 Å². The van der Waals surface area contributed by atoms with Crippen molar-refractivity contribution in [1.82, 2.24) is 0 Å². The highest BCUT2D eigenvalue weighted by molar-refractivity contribution is 5.94. The third kappa shape index (κ3) is 3.85. The summed E-state index contributed by atoms with van der Waals surface area (Å²) in [5, 5.41) is 1.74. The third-order valence-electron chi connectivity index (χ3n) is 3.12. The van der Waals surface area contributed by atoms with Gasteiger partial charge in [0.15, 0.2) is 0 Å². The molecule has 2 nitrogen and oxygen atoms in total. The molecule has 0 fully saturated rings. The van der Waals surface area contributed by atoms with Crippen LogP contribution in [0.25, 0.3) is 10.8 Å². The molecule has 2 aromatic rings. The van der Waals surface area contributed by atoms with E-state index in [4.69, 9.17) is 9.47 Å². The Labute approximate surface area is 128 Å². The van der Waals surface area contributed by atoms with E-state index in [-0.39, 0.29) is 6.61 Å². The predicted molar refractivity (Wildman–Crippen MR) is 84.9 cm³/mol. The van der Waals surface area contributed by atoms with Gasteiger partial charge in [0.1, 0.15) is 24.7 Å². The smallest absolute Gasteiger partial charge is 0.269 e. The number of aryl methyl sites for hydroxylation is 2. The molecule has 0 unspecified atom stereocenters. The molecule has 0 aromatic heterocycles. The van der Waals surface area contributed by atoms with Gasteiger partial charge in [0, 0.05) is 16.8 Å². The maximum absolute atomic E-state index is 12.2. The number of halogens is 2. The number of fused-ring (bicyclic) bond motifs is 1. The van der Waals surface area contributed by atoms with E-state index in [9.17, 15) is 8.78 Å². The summed E-state index contributed by atoms with van der Waals surface area (Å²) in [4.78, 5) is 0. The third-order valence-corrected chi connectivity index (χ3v) is 3.12. The zero-order valence-corrected chi connectivity index (χ0v) is 12.7. The number of hydrogen-bond donors (Lipinski definition) is 0. The molecular weight excluding hydrogens is 286 g/mol. The molecule has 0 aliphatic heterocycles. The molecule has 116 valence electrons. The lowest BCUT2D eigenvalue weighted by Crippen LogP contribution is -1.98. The first-order valence-corrected chi connectivity index (χ1v) is 6.94. The van der Waals surface area contributed by atoms with Crippen molar-refractivity contribution in [3.05, 3.63) is 60.2 Å². The van der Waals surface area contributed by atoms with E-state index in [2.05, 4.69) is 6.58 Å². The summed E-state index contributed by atoms with van der Waals surface area (Å²) in [7, 11) is 0. The van der Waals surface area contributed by atoms with Crippen LogP contribution in [0.5, 0.6) is 11.5 Å². The Morgan fingerprint density at radius 3 is 1.91 bits per heavy atom. The lowest BCUT2D eigenvalue weighted by atomic mass is 10.0. The molecular formula is C18H18F2O2. The molecule has 2 aromatic carbocycles. The summed E-state index contributed by atoms with van der Waals surface area (Å²) in [6, 6.07) is 7.73. The van der Waals surface area contributed by atoms with E-state index >= 15 is 0 Å². The molecule has 0 spiro atoms. The fraction of sp³-hybridized carbons (Fsp3) is 0.222. The summed E-state index contributed by atoms with van der Waals surface area (Å²) in [5.41, 5.74) is 1.98. The number of rotatable bonds is 6. The fourth-order valence-electron chi connectivity index (χ4n) is 2.25. The van der Waals surface area contributed by atoms with E-state index < -0.39 is 6.08 Å². The molecule has 0 heterocycles. The Morgan fingerprint density at radius 2 is 1.45 bits per heavy atom. The van der Waals surface area contributed by atoms with Crippen LogP contribution in [0.3, 0.4) is 0 Å². The Morgan fingerprint density at radius 1 is 0.955 bits per heavy atom. The van der Waals surface area contributed by atoms with Crippen molar-refractivity contribution < 1.29 is 18.3 Å². The van der Waals surface area contributed by atoms with Crippen molar-refractivity contribution in [2.75, 3.05) is 13.2 Å². The van der Waals surface area contributed by atoms with Crippen LogP contribution in [-0.2, 0) is 0 Å². The predicted octanol–water partition coefficient (Wildman–Crippen LogP) is 5.18. The second kappa shape index (κ2) is 7.07. The molecule has 0 atom stereocenters. The number of hydrogen-bond acceptors (Lipinski definition) is 2. The Balaban J connectivity index is 2.49. The molecule has 0 N–H and O–H groups in total. The van der Waals surface area contributed by atoms with Gasteiger partial charge in [-0.2, -0.15) is 8.78 Å². The van der Waals surface area contributed by atoms with Crippen LogP contribution in [0.2, 0.25) is 0 Å². The van der Waals surface area contributed by atoms with Crippen LogP contribution in [0.15, 0.2) is 49.1 Å². The molecule has 0 amide bonds. The van der Waals surface area contributed by atoms with Crippen molar-refractivity contribution in [2.24, 2.45) is 0 Å². The molecule has 0 bridgehead atoms. The highest BCUT2D eigenvalue weighted by Crippen LogP contribution is 2.35. The Bertz CT molecular complexity index is 717. The zero-order chi connectivity index (χ0) is 16.1. The van der Waals surface area contributed by atoms with Crippen LogP contribution < -0.4 is 9.47 Å². The van der Waals surface area contributed by atoms with E-state index in [1.54, 1.807) is 6.08 Å². The second-order valence-corrected chi connectivity index (χ2v) is 5.03. The first kappa shape index (κ1) is 16.0. The molecule has 4 heteroatoms. The maximum Gasteiger partial charge on any atom is 0.269 e. The summed E-state index contributed by atoms with van der Waals surface area (Å²) in [5.74, 6) is 1.30. The van der Waals surface area contributed by atoms with Gasteiger partial charge in [0.2, 0.25) is 0 Å². The highest BCUT2D eigenvalue weighted by atomic mass is 19.3. The number of ether oxygens (including phenoxy) is 2. The van der Waals surface area contributed by atoms with Gasteiger partial charge in [0.25, 0.3) is 6.08 Å². The van der Waals surface area contributed by atoms with Gasteiger partial charge < -0.3 is 9.47 Å². The first-order valence-electron chi connectivity index (χ1n) is 6.94. The van der Waals surface area contributed by atoms with Crippen LogP contribution in [0, 0.1) is 13.8 Å². The quantitative estimate of drug-likeness (QED) is 0.685. The average Bonchev–Trinajstić information content (AvgIpc) is 2.45. The van der Waals surface area contributed by atoms with Gasteiger partial charge in [-0.3, -0.25) is 0 Å². The van der Waals surface area contributed by atoms with Crippen molar-refractivity contribution in [2.45, 2.75) is 13.8 Å². The minimum Gasteiger partial charge on any atom is -0.489 e. The van der Waals surface area contributed by atoms with Crippen molar-refractivity contribution in [1.29, 1.82) is 0 Å². The topological polar surface area (TPSA) is 18.5 Å². The standard InChI is InChI=1S/C18H18F2O2/c1-4-6-21-16-10-12(2)9-15-14(16)8-13(3)11-17(15)22-7-5-18(19)20/h4-5,8-11H,1,6-7H2,2-3H3. The van der Waals surface area contributed by atoms with Crippen molar-refractivity contribution in [3.8, 4) is 11.5 Å². The monoisotopic (exact) mass is 304 g/mol. The highest BCUT2D eigenvalue weighted by Gasteiger charge is 2.10. The Kier molecular flexibility index (Phi) is 5.15. The molecule has 0 aliphatic rings. The van der Waals surface area contributed by atoms with Crippen molar-refractivity contribution in [3.63, 3.8) is 0 Å². The summed E-state index contributed by atoms with van der Waals surface area (Å²) >= 11 is 0. The summed E-state index contributed by atoms with van der Waals surface area (Å²) < 4.78 is 35.5. The normalized spacial score (nSPS) is 10.4. The molecule has 0 saturated carbocycles. The van der Waals surface area contributed by atoms with E-state index in [0.717, 1.165) is 33.7 Å². The summed E-state index contributed by atoms with van der Waals surface area (Å²) in [6.07, 6.45) is 0.679. The van der Waals surface area contributed by atoms with Crippen LogP contribution in [0.4, 0.5) is 8.78 Å². The molecule has 22 heavy (non-hydrogen) atoms. The SMILES string of the molecule is C=CCOc1cc(C)cc2c(OCC=C(F)F)cc(C)cc12. The van der Waals surface area contributed by atoms with Gasteiger partial charge in [0.05, 0.1) is 0 Å². The zero-order valence-electron chi connectivity index (χ0n) is 12.7. The van der Waals surface area contributed by atoms with Gasteiger partial charge in [-0.25, -0.2) is 0 Å². The van der Waals surface area contributed by atoms with Gasteiger partial charge in [-0.1, -0.05) is 12.7 Å². The molecule has 0 saturated heterocycles. The Hall–Kier alpha value is -2.36. The summed E-state index contributed by atoms with van der Waals surface area (Å²) in [6.45, 7) is 7.75. The van der Waals surface area contributed by atoms with Gasteiger partial charge in [-0.05, 0) is 49.2 Å². The number of benzene rings is 2. The second-order valence-electron chi connectivity index (χ2n) is 5.03. The fourth-order valence-corrected chi connectivity index (χ4v) is 2.25. The van der Waals surface area contributed by atoms with Gasteiger partial charge >= 0.3 is 0 Å². The van der Waals surface area contributed by atoms with Crippen LogP contribution >= 0.6 is 0 Å². The molecule has 2 rings (SSSR count). The minimum atomic E-state index is -1.75. The lowest BCUT2D eigenvalue weighted by molar-refractivity contribution is 0.347. The lowest BCUT2D eigenvalue weighted by Gasteiger charge is -2.14. The van der Waals surface area contributed by atoms with Crippen LogP contribution in [-0.4, -0.2) is 13.2 Å². The molecule has 0 aliphatic carbocycles. The minimum absolute atomic E-state index is 0.169. The average molecular weight is 304 g/mol. The maximum atomic E-state index is 12.2. The molecule has 0 radical (unpaired) electrons. The van der Waals surface area contributed by atoms with Crippen molar-refractivity contribution >= 4 is 10.8 Å². The first-order chi connectivity index (χ1) is 10.5.